The van der Waals surface area contributed by atoms with Crippen molar-refractivity contribution in [3.05, 3.63) is 52.0 Å². The van der Waals surface area contributed by atoms with Crippen molar-refractivity contribution in [2.24, 2.45) is 0 Å². The van der Waals surface area contributed by atoms with E-state index < -0.39 is 0 Å². The van der Waals surface area contributed by atoms with E-state index in [1.165, 1.54) is 5.56 Å². The monoisotopic (exact) mass is 281 g/mol. The third-order valence-corrected chi connectivity index (χ3v) is 4.08. The van der Waals surface area contributed by atoms with E-state index >= 15 is 0 Å². The number of hydrogen-bond donors (Lipinski definition) is 0. The molecule has 0 aliphatic heterocycles. The molecule has 0 atom stereocenters. The smallest absolute Gasteiger partial charge is 0.114 e. The fourth-order valence-electron chi connectivity index (χ4n) is 2.49. The molecule has 0 spiro atoms. The first-order valence-electron chi connectivity index (χ1n) is 6.61. The topological polar surface area (TPSA) is 41.6 Å². The predicted molar refractivity (Wildman–Crippen MR) is 82.0 cm³/mol. The van der Waals surface area contributed by atoms with Gasteiger partial charge in [0.15, 0.2) is 0 Å². The zero-order valence-corrected chi connectivity index (χ0v) is 12.3. The molecule has 0 radical (unpaired) electrons. The van der Waals surface area contributed by atoms with Crippen molar-refractivity contribution >= 4 is 22.4 Å². The van der Waals surface area contributed by atoms with Crippen LogP contribution in [-0.4, -0.2) is 9.55 Å². The largest absolute Gasteiger partial charge is 0.325 e. The van der Waals surface area contributed by atoms with E-state index in [1.807, 2.05) is 18.2 Å². The Bertz CT molecular complexity index is 776. The molecule has 3 aromatic rings. The second-order valence-corrected chi connectivity index (χ2v) is 5.90. The van der Waals surface area contributed by atoms with E-state index in [1.54, 1.807) is 11.3 Å². The van der Waals surface area contributed by atoms with E-state index in [9.17, 15) is 0 Å². The maximum absolute atomic E-state index is 9.01. The van der Waals surface area contributed by atoms with Crippen molar-refractivity contribution in [2.75, 3.05) is 0 Å². The Hall–Kier alpha value is -2.12. The molecule has 2 heterocycles. The zero-order valence-electron chi connectivity index (χ0n) is 11.5. The number of thiophene rings is 1. The number of rotatable bonds is 3. The lowest BCUT2D eigenvalue weighted by Crippen LogP contribution is -2.06. The molecule has 0 saturated heterocycles. The maximum atomic E-state index is 9.01. The van der Waals surface area contributed by atoms with Gasteiger partial charge in [0, 0.05) is 12.5 Å². The average Bonchev–Trinajstić information content (AvgIpc) is 3.04. The molecule has 0 fully saturated rings. The quantitative estimate of drug-likeness (QED) is 0.724. The van der Waals surface area contributed by atoms with Crippen LogP contribution in [-0.2, 0) is 6.42 Å². The van der Waals surface area contributed by atoms with Crippen molar-refractivity contribution in [2.45, 2.75) is 26.3 Å². The van der Waals surface area contributed by atoms with Crippen LogP contribution in [0.5, 0.6) is 0 Å². The average molecular weight is 281 g/mol. The highest BCUT2D eigenvalue weighted by molar-refractivity contribution is 7.07. The molecule has 3 nitrogen and oxygen atoms in total. The van der Waals surface area contributed by atoms with E-state index in [0.29, 0.717) is 11.6 Å². The molecule has 0 unspecified atom stereocenters. The first-order chi connectivity index (χ1) is 9.69. The van der Waals surface area contributed by atoms with Gasteiger partial charge in [0.2, 0.25) is 0 Å². The summed E-state index contributed by atoms with van der Waals surface area (Å²) in [6.45, 7) is 4.33. The molecular weight excluding hydrogens is 266 g/mol. The minimum absolute atomic E-state index is 0.349. The van der Waals surface area contributed by atoms with Crippen molar-refractivity contribution in [1.82, 2.24) is 9.55 Å². The van der Waals surface area contributed by atoms with E-state index in [4.69, 9.17) is 10.2 Å². The summed E-state index contributed by atoms with van der Waals surface area (Å²) in [5.41, 5.74) is 3.95. The Balaban J connectivity index is 2.15. The van der Waals surface area contributed by atoms with Gasteiger partial charge >= 0.3 is 0 Å². The Morgan fingerprint density at radius 2 is 2.20 bits per heavy atom. The standard InChI is InChI=1S/C16H15N3S/c1-11(2)19-15-4-3-12(9-17)7-14(15)18-16(19)8-13-5-6-20-10-13/h3-7,10-11H,8H2,1-2H3. The minimum Gasteiger partial charge on any atom is -0.325 e. The van der Waals surface area contributed by atoms with Crippen LogP contribution in [0.15, 0.2) is 35.0 Å². The molecule has 100 valence electrons. The van der Waals surface area contributed by atoms with E-state index in [0.717, 1.165) is 23.3 Å². The van der Waals surface area contributed by atoms with Gasteiger partial charge in [-0.1, -0.05) is 0 Å². The highest BCUT2D eigenvalue weighted by Crippen LogP contribution is 2.24. The van der Waals surface area contributed by atoms with Crippen LogP contribution in [0.2, 0.25) is 0 Å². The second-order valence-electron chi connectivity index (χ2n) is 5.12. The molecule has 0 aliphatic rings. The van der Waals surface area contributed by atoms with E-state index in [-0.39, 0.29) is 0 Å². The van der Waals surface area contributed by atoms with Crippen molar-refractivity contribution in [1.29, 1.82) is 5.26 Å². The molecule has 20 heavy (non-hydrogen) atoms. The summed E-state index contributed by atoms with van der Waals surface area (Å²) in [5, 5.41) is 13.3. The number of hydrogen-bond acceptors (Lipinski definition) is 3. The highest BCUT2D eigenvalue weighted by Gasteiger charge is 2.14. The number of nitriles is 1. The first-order valence-corrected chi connectivity index (χ1v) is 7.55. The number of aromatic nitrogens is 2. The van der Waals surface area contributed by atoms with Crippen LogP contribution >= 0.6 is 11.3 Å². The molecule has 0 bridgehead atoms. The van der Waals surface area contributed by atoms with Gasteiger partial charge in [-0.15, -0.1) is 0 Å². The van der Waals surface area contributed by atoms with Crippen LogP contribution in [0, 0.1) is 11.3 Å². The van der Waals surface area contributed by atoms with Crippen LogP contribution in [0.25, 0.3) is 11.0 Å². The van der Waals surface area contributed by atoms with Crippen LogP contribution < -0.4 is 0 Å². The number of fused-ring (bicyclic) bond motifs is 1. The molecule has 3 rings (SSSR count). The van der Waals surface area contributed by atoms with Gasteiger partial charge in [-0.05, 0) is 54.4 Å². The fourth-order valence-corrected chi connectivity index (χ4v) is 3.16. The van der Waals surface area contributed by atoms with Crippen LogP contribution in [0.4, 0.5) is 0 Å². The van der Waals surface area contributed by atoms with Gasteiger partial charge in [-0.25, -0.2) is 4.98 Å². The van der Waals surface area contributed by atoms with Crippen LogP contribution in [0.1, 0.15) is 36.8 Å². The van der Waals surface area contributed by atoms with Crippen molar-refractivity contribution < 1.29 is 0 Å². The normalized spacial score (nSPS) is 11.1. The van der Waals surface area contributed by atoms with Crippen LogP contribution in [0.3, 0.4) is 0 Å². The van der Waals surface area contributed by atoms with Gasteiger partial charge in [0.05, 0.1) is 22.7 Å². The summed E-state index contributed by atoms with van der Waals surface area (Å²) in [4.78, 5) is 4.73. The second kappa shape index (κ2) is 5.10. The zero-order chi connectivity index (χ0) is 14.1. The van der Waals surface area contributed by atoms with Gasteiger partial charge in [-0.2, -0.15) is 16.6 Å². The molecule has 0 saturated carbocycles. The minimum atomic E-state index is 0.349. The Labute approximate surface area is 122 Å². The summed E-state index contributed by atoms with van der Waals surface area (Å²) in [7, 11) is 0. The summed E-state index contributed by atoms with van der Waals surface area (Å²) in [6, 6.07) is 10.4. The van der Waals surface area contributed by atoms with Gasteiger partial charge in [-0.3, -0.25) is 0 Å². The van der Waals surface area contributed by atoms with Gasteiger partial charge < -0.3 is 4.57 Å². The lowest BCUT2D eigenvalue weighted by Gasteiger charge is -2.12. The SMILES string of the molecule is CC(C)n1c(Cc2ccsc2)nc2cc(C#N)ccc21. The van der Waals surface area contributed by atoms with Crippen molar-refractivity contribution in [3.8, 4) is 6.07 Å². The lowest BCUT2D eigenvalue weighted by molar-refractivity contribution is 0.591. The summed E-state index contributed by atoms with van der Waals surface area (Å²) < 4.78 is 2.26. The molecule has 4 heteroatoms. The summed E-state index contributed by atoms with van der Waals surface area (Å²) in [5.74, 6) is 1.06. The third-order valence-electron chi connectivity index (χ3n) is 3.35. The first kappa shape index (κ1) is 12.9. The predicted octanol–water partition coefficient (Wildman–Crippen LogP) is 4.14. The number of nitrogens with zero attached hydrogens (tertiary/aromatic N) is 3. The maximum Gasteiger partial charge on any atom is 0.114 e. The molecule has 0 amide bonds. The van der Waals surface area contributed by atoms with Crippen molar-refractivity contribution in [3.63, 3.8) is 0 Å². The molecular formula is C16H15N3S. The Morgan fingerprint density at radius 3 is 2.85 bits per heavy atom. The molecule has 0 aliphatic carbocycles. The van der Waals surface area contributed by atoms with E-state index in [2.05, 4.69) is 41.3 Å². The number of benzene rings is 1. The van der Waals surface area contributed by atoms with Gasteiger partial charge in [0.1, 0.15) is 5.82 Å². The summed E-state index contributed by atoms with van der Waals surface area (Å²) >= 11 is 1.71. The molecule has 0 N–H and O–H groups in total. The highest BCUT2D eigenvalue weighted by atomic mass is 32.1. The third kappa shape index (κ3) is 2.21. The fraction of sp³-hybridized carbons (Fsp3) is 0.250. The summed E-state index contributed by atoms with van der Waals surface area (Å²) in [6.07, 6.45) is 0.832. The molecule has 2 aromatic heterocycles. The Kier molecular flexibility index (Phi) is 3.29. The van der Waals surface area contributed by atoms with Gasteiger partial charge in [0.25, 0.3) is 0 Å². The molecule has 1 aromatic carbocycles. The lowest BCUT2D eigenvalue weighted by atomic mass is 10.2. The number of imidazole rings is 1. The Morgan fingerprint density at radius 1 is 1.35 bits per heavy atom.